The second kappa shape index (κ2) is 8.54. The van der Waals surface area contributed by atoms with Crippen LogP contribution in [0.3, 0.4) is 0 Å². The van der Waals surface area contributed by atoms with Crippen LogP contribution < -0.4 is 0 Å². The highest BCUT2D eigenvalue weighted by molar-refractivity contribution is 8.00. The Morgan fingerprint density at radius 2 is 2.00 bits per heavy atom. The Labute approximate surface area is 141 Å². The van der Waals surface area contributed by atoms with Gasteiger partial charge in [0.2, 0.25) is 0 Å². The van der Waals surface area contributed by atoms with E-state index in [1.54, 1.807) is 7.11 Å². The summed E-state index contributed by atoms with van der Waals surface area (Å²) in [5, 5.41) is 0.813. The van der Waals surface area contributed by atoms with Crippen LogP contribution in [-0.4, -0.2) is 30.0 Å². The van der Waals surface area contributed by atoms with Gasteiger partial charge in [-0.05, 0) is 23.7 Å². The Morgan fingerprint density at radius 3 is 2.50 bits per heavy atom. The lowest BCUT2D eigenvalue weighted by atomic mass is 9.65. The third-order valence-corrected chi connectivity index (χ3v) is 6.43. The van der Waals surface area contributed by atoms with E-state index in [4.69, 9.17) is 4.74 Å². The molecule has 0 aromatic rings. The van der Waals surface area contributed by atoms with E-state index in [9.17, 15) is 4.79 Å². The minimum atomic E-state index is 0.0830. The second-order valence-electron chi connectivity index (χ2n) is 7.81. The monoisotopic (exact) mass is 326 g/mol. The summed E-state index contributed by atoms with van der Waals surface area (Å²) in [6, 6.07) is 0. The van der Waals surface area contributed by atoms with Crippen molar-refractivity contribution in [3.63, 3.8) is 0 Å². The smallest absolute Gasteiger partial charge is 0.138 e. The number of ketones is 1. The van der Waals surface area contributed by atoms with E-state index >= 15 is 0 Å². The summed E-state index contributed by atoms with van der Waals surface area (Å²) in [4.78, 5) is 12.9. The lowest BCUT2D eigenvalue weighted by Gasteiger charge is -2.39. The number of hydrogen-bond donors (Lipinski definition) is 0. The normalized spacial score (nSPS) is 26.9. The molecule has 0 N–H and O–H groups in total. The van der Waals surface area contributed by atoms with E-state index in [0.29, 0.717) is 34.5 Å². The highest BCUT2D eigenvalue weighted by atomic mass is 32.2. The third-order valence-electron chi connectivity index (χ3n) is 4.77. The molecule has 4 unspecified atom stereocenters. The van der Waals surface area contributed by atoms with E-state index in [1.165, 1.54) is 0 Å². The fourth-order valence-corrected chi connectivity index (χ4v) is 4.96. The molecule has 1 aliphatic rings. The van der Waals surface area contributed by atoms with Crippen LogP contribution in [0.2, 0.25) is 0 Å². The topological polar surface area (TPSA) is 26.3 Å². The number of ether oxygens (including phenoxy) is 1. The Hall–Kier alpha value is -0.280. The summed E-state index contributed by atoms with van der Waals surface area (Å²) in [5.74, 6) is 1.51. The van der Waals surface area contributed by atoms with Crippen LogP contribution in [0, 0.1) is 23.2 Å². The first kappa shape index (κ1) is 19.8. The largest absolute Gasteiger partial charge is 0.384 e. The average molecular weight is 327 g/mol. The van der Waals surface area contributed by atoms with E-state index in [2.05, 4.69) is 53.7 Å². The van der Waals surface area contributed by atoms with Gasteiger partial charge in [0.1, 0.15) is 5.78 Å². The minimum Gasteiger partial charge on any atom is -0.384 e. The number of methoxy groups -OCH3 is 1. The first-order valence-electron chi connectivity index (χ1n) is 8.52. The molecule has 0 saturated carbocycles. The van der Waals surface area contributed by atoms with Crippen molar-refractivity contribution in [2.24, 2.45) is 23.2 Å². The summed E-state index contributed by atoms with van der Waals surface area (Å²) in [7, 11) is 1.75. The van der Waals surface area contributed by atoms with Crippen LogP contribution in [0.4, 0.5) is 0 Å². The van der Waals surface area contributed by atoms with Gasteiger partial charge in [-0.1, -0.05) is 53.7 Å². The maximum absolute atomic E-state index is 12.9. The SMILES string of the molecule is COCC(SC(C)CC(=O)C1C(C)C=CCC1(C)C)C(C)C. The first-order valence-corrected chi connectivity index (χ1v) is 9.47. The van der Waals surface area contributed by atoms with Crippen LogP contribution in [0.1, 0.15) is 54.4 Å². The highest BCUT2D eigenvalue weighted by Crippen LogP contribution is 2.42. The molecule has 0 fully saturated rings. The highest BCUT2D eigenvalue weighted by Gasteiger charge is 2.39. The van der Waals surface area contributed by atoms with E-state index in [0.717, 1.165) is 13.0 Å². The van der Waals surface area contributed by atoms with Gasteiger partial charge in [-0.15, -0.1) is 0 Å². The molecule has 0 aliphatic heterocycles. The number of carbonyl (C=O) groups excluding carboxylic acids is 1. The summed E-state index contributed by atoms with van der Waals surface area (Å²) in [6.45, 7) is 14.0. The molecule has 1 rings (SSSR count). The first-order chi connectivity index (χ1) is 10.2. The third kappa shape index (κ3) is 5.42. The summed E-state index contributed by atoms with van der Waals surface area (Å²) >= 11 is 1.91. The fourth-order valence-electron chi connectivity index (χ4n) is 3.58. The maximum atomic E-state index is 12.9. The molecule has 0 aromatic carbocycles. The molecule has 0 radical (unpaired) electrons. The molecular formula is C19H34O2S. The summed E-state index contributed by atoms with van der Waals surface area (Å²) in [5.41, 5.74) is 0.0830. The molecule has 0 bridgehead atoms. The fraction of sp³-hybridized carbons (Fsp3) is 0.842. The Bertz CT molecular complexity index is 387. The van der Waals surface area contributed by atoms with Crippen molar-refractivity contribution in [3.8, 4) is 0 Å². The molecule has 2 nitrogen and oxygen atoms in total. The van der Waals surface area contributed by atoms with Gasteiger partial charge in [0, 0.05) is 29.9 Å². The zero-order chi connectivity index (χ0) is 16.9. The standard InChI is InChI=1S/C19H34O2S/c1-13(2)17(12-21-7)22-15(4)11-16(20)18-14(3)9-8-10-19(18,5)6/h8-9,13-15,17-18H,10-12H2,1-7H3. The number of carbonyl (C=O) groups is 1. The molecular weight excluding hydrogens is 292 g/mol. The number of rotatable bonds is 8. The van der Waals surface area contributed by atoms with E-state index in [-0.39, 0.29) is 11.3 Å². The van der Waals surface area contributed by atoms with Crippen molar-refractivity contribution >= 4 is 17.5 Å². The lowest BCUT2D eigenvalue weighted by molar-refractivity contribution is -0.128. The van der Waals surface area contributed by atoms with Gasteiger partial charge in [0.15, 0.2) is 0 Å². The minimum absolute atomic E-state index is 0.0830. The zero-order valence-electron chi connectivity index (χ0n) is 15.4. The van der Waals surface area contributed by atoms with Crippen LogP contribution in [-0.2, 0) is 9.53 Å². The Morgan fingerprint density at radius 1 is 1.36 bits per heavy atom. The van der Waals surface area contributed by atoms with Crippen LogP contribution >= 0.6 is 11.8 Å². The predicted molar refractivity (Wildman–Crippen MR) is 97.4 cm³/mol. The number of thioether (sulfide) groups is 1. The molecule has 0 saturated heterocycles. The van der Waals surface area contributed by atoms with Crippen molar-refractivity contribution in [2.45, 2.75) is 64.9 Å². The van der Waals surface area contributed by atoms with Gasteiger partial charge < -0.3 is 4.74 Å². The molecule has 0 spiro atoms. The molecule has 0 aromatic heterocycles. The van der Waals surface area contributed by atoms with Crippen LogP contribution in [0.25, 0.3) is 0 Å². The Balaban J connectivity index is 2.65. The van der Waals surface area contributed by atoms with Crippen molar-refractivity contribution in [2.75, 3.05) is 13.7 Å². The van der Waals surface area contributed by atoms with Crippen molar-refractivity contribution in [1.29, 1.82) is 0 Å². The summed E-state index contributed by atoms with van der Waals surface area (Å²) in [6.07, 6.45) is 6.13. The van der Waals surface area contributed by atoms with Crippen molar-refractivity contribution < 1.29 is 9.53 Å². The van der Waals surface area contributed by atoms with Gasteiger partial charge in [0.25, 0.3) is 0 Å². The van der Waals surface area contributed by atoms with Crippen molar-refractivity contribution in [3.05, 3.63) is 12.2 Å². The predicted octanol–water partition coefficient (Wildman–Crippen LogP) is 4.98. The number of hydrogen-bond acceptors (Lipinski definition) is 3. The van der Waals surface area contributed by atoms with Crippen LogP contribution in [0.15, 0.2) is 12.2 Å². The quantitative estimate of drug-likeness (QED) is 0.589. The van der Waals surface area contributed by atoms with Gasteiger partial charge in [0.05, 0.1) is 6.61 Å². The molecule has 4 atom stereocenters. The molecule has 128 valence electrons. The van der Waals surface area contributed by atoms with Crippen molar-refractivity contribution in [1.82, 2.24) is 0 Å². The Kier molecular flexibility index (Phi) is 7.67. The van der Waals surface area contributed by atoms with E-state index < -0.39 is 0 Å². The zero-order valence-corrected chi connectivity index (χ0v) is 16.2. The molecule has 1 aliphatic carbocycles. The molecule has 0 heterocycles. The number of allylic oxidation sites excluding steroid dienone is 2. The van der Waals surface area contributed by atoms with Gasteiger partial charge in [-0.25, -0.2) is 0 Å². The van der Waals surface area contributed by atoms with E-state index in [1.807, 2.05) is 11.8 Å². The molecule has 22 heavy (non-hydrogen) atoms. The number of Topliss-reactive ketones (excluding diaryl/α,β-unsaturated/α-hetero) is 1. The van der Waals surface area contributed by atoms with Gasteiger partial charge in [-0.2, -0.15) is 11.8 Å². The second-order valence-corrected chi connectivity index (χ2v) is 9.49. The summed E-state index contributed by atoms with van der Waals surface area (Å²) < 4.78 is 5.32. The molecule has 0 amide bonds. The van der Waals surface area contributed by atoms with Gasteiger partial charge in [-0.3, -0.25) is 4.79 Å². The lowest BCUT2D eigenvalue weighted by Crippen LogP contribution is -2.38. The van der Waals surface area contributed by atoms with Crippen LogP contribution in [0.5, 0.6) is 0 Å². The average Bonchev–Trinajstić information content (AvgIpc) is 2.36. The van der Waals surface area contributed by atoms with Gasteiger partial charge >= 0.3 is 0 Å². The maximum Gasteiger partial charge on any atom is 0.138 e. The molecule has 3 heteroatoms.